The number of aromatic nitrogens is 1. The Labute approximate surface area is 186 Å². The fraction of sp³-hybridized carbons (Fsp3) is 0.478. The fourth-order valence-corrected chi connectivity index (χ4v) is 4.52. The van der Waals surface area contributed by atoms with Gasteiger partial charge < -0.3 is 19.4 Å². The Morgan fingerprint density at radius 3 is 2.91 bits per heavy atom. The van der Waals surface area contributed by atoms with Crippen LogP contribution in [0.3, 0.4) is 0 Å². The van der Waals surface area contributed by atoms with Gasteiger partial charge in [0.15, 0.2) is 12.4 Å². The van der Waals surface area contributed by atoms with Crippen molar-refractivity contribution in [2.24, 2.45) is 0 Å². The highest BCUT2D eigenvalue weighted by Gasteiger charge is 2.28. The average Bonchev–Trinajstić information content (AvgIpc) is 3.39. The second-order valence-electron chi connectivity index (χ2n) is 8.28. The molecule has 2 aromatic rings. The van der Waals surface area contributed by atoms with Gasteiger partial charge in [-0.15, -0.1) is 0 Å². The van der Waals surface area contributed by atoms with Crippen molar-refractivity contribution in [2.45, 2.75) is 58.1 Å². The number of benzene rings is 1. The summed E-state index contributed by atoms with van der Waals surface area (Å²) in [5, 5.41) is 24.0. The second-order valence-corrected chi connectivity index (χ2v) is 8.28. The van der Waals surface area contributed by atoms with Crippen molar-refractivity contribution >= 4 is 17.4 Å². The van der Waals surface area contributed by atoms with Gasteiger partial charge >= 0.3 is 5.69 Å². The van der Waals surface area contributed by atoms with E-state index in [9.17, 15) is 20.2 Å². The summed E-state index contributed by atoms with van der Waals surface area (Å²) in [6.45, 7) is 2.66. The van der Waals surface area contributed by atoms with Gasteiger partial charge in [0.1, 0.15) is 11.9 Å². The van der Waals surface area contributed by atoms with Gasteiger partial charge in [0.05, 0.1) is 23.1 Å². The Morgan fingerprint density at radius 2 is 2.19 bits per heavy atom. The van der Waals surface area contributed by atoms with E-state index in [0.717, 1.165) is 62.0 Å². The maximum Gasteiger partial charge on any atom is 0.311 e. The van der Waals surface area contributed by atoms with E-state index in [1.54, 1.807) is 13.0 Å². The van der Waals surface area contributed by atoms with Crippen LogP contribution in [0.15, 0.2) is 18.2 Å². The number of nitrogens with one attached hydrogen (secondary N) is 1. The van der Waals surface area contributed by atoms with Gasteiger partial charge in [-0.25, -0.2) is 0 Å². The number of rotatable bonds is 7. The molecule has 9 nitrogen and oxygen atoms in total. The lowest BCUT2D eigenvalue weighted by Gasteiger charge is -2.20. The van der Waals surface area contributed by atoms with Crippen LogP contribution in [-0.2, 0) is 28.9 Å². The highest BCUT2D eigenvalue weighted by molar-refractivity contribution is 5.93. The molecule has 1 atom stereocenters. The normalized spacial score (nSPS) is 17.4. The molecule has 32 heavy (non-hydrogen) atoms. The SMILES string of the molecule is Cc1ccc(OCC(=O)Nc2c(C#N)c3c(n2CC2CCCO2)CCCC3)c([N+](=O)[O-])c1. The van der Waals surface area contributed by atoms with Crippen LogP contribution >= 0.6 is 0 Å². The van der Waals surface area contributed by atoms with E-state index >= 15 is 0 Å². The number of nitriles is 1. The van der Waals surface area contributed by atoms with Crippen molar-refractivity contribution in [1.29, 1.82) is 5.26 Å². The van der Waals surface area contributed by atoms with E-state index in [4.69, 9.17) is 9.47 Å². The van der Waals surface area contributed by atoms with Gasteiger partial charge in [0, 0.05) is 18.4 Å². The maximum absolute atomic E-state index is 12.7. The van der Waals surface area contributed by atoms with Gasteiger partial charge in [-0.1, -0.05) is 6.07 Å². The van der Waals surface area contributed by atoms with Gasteiger partial charge in [-0.2, -0.15) is 5.26 Å². The molecule has 1 amide bonds. The third-order valence-corrected chi connectivity index (χ3v) is 6.02. The number of fused-ring (bicyclic) bond motifs is 1. The minimum Gasteiger partial charge on any atom is -0.477 e. The Kier molecular flexibility index (Phi) is 6.42. The van der Waals surface area contributed by atoms with Crippen LogP contribution in [0.5, 0.6) is 5.75 Å². The third-order valence-electron chi connectivity index (χ3n) is 6.02. The lowest BCUT2D eigenvalue weighted by molar-refractivity contribution is -0.385. The largest absolute Gasteiger partial charge is 0.477 e. The summed E-state index contributed by atoms with van der Waals surface area (Å²) >= 11 is 0. The van der Waals surface area contributed by atoms with E-state index in [-0.39, 0.29) is 17.5 Å². The number of aryl methyl sites for hydroxylation is 1. The molecule has 2 heterocycles. The molecule has 0 spiro atoms. The summed E-state index contributed by atoms with van der Waals surface area (Å²) in [6.07, 6.45) is 5.74. The first-order chi connectivity index (χ1) is 15.5. The summed E-state index contributed by atoms with van der Waals surface area (Å²) in [7, 11) is 0. The van der Waals surface area contributed by atoms with Crippen LogP contribution < -0.4 is 10.1 Å². The second kappa shape index (κ2) is 9.40. The highest BCUT2D eigenvalue weighted by atomic mass is 16.6. The van der Waals surface area contributed by atoms with Crippen LogP contribution in [0.4, 0.5) is 11.5 Å². The molecule has 1 aliphatic heterocycles. The van der Waals surface area contributed by atoms with Crippen molar-refractivity contribution < 1.29 is 19.2 Å². The Morgan fingerprint density at radius 1 is 1.38 bits per heavy atom. The maximum atomic E-state index is 12.7. The topological polar surface area (TPSA) is 119 Å². The summed E-state index contributed by atoms with van der Waals surface area (Å²) in [6, 6.07) is 6.85. The molecule has 1 fully saturated rings. The van der Waals surface area contributed by atoms with Crippen LogP contribution in [0.2, 0.25) is 0 Å². The summed E-state index contributed by atoms with van der Waals surface area (Å²) < 4.78 is 13.3. The standard InChI is InChI=1S/C23H26N4O5/c1-15-8-9-21(20(11-15)27(29)30)32-14-22(28)25-23-18(12-24)17-6-2-3-7-19(17)26(23)13-16-5-4-10-31-16/h8-9,11,16H,2-7,10,13-14H2,1H3,(H,25,28). The number of nitro benzene ring substituents is 1. The van der Waals surface area contributed by atoms with Crippen LogP contribution in [0.1, 0.15) is 48.1 Å². The first kappa shape index (κ1) is 21.8. The number of hydrogen-bond acceptors (Lipinski definition) is 6. The summed E-state index contributed by atoms with van der Waals surface area (Å²) in [5.74, 6) is 0.0343. The molecule has 9 heteroatoms. The van der Waals surface area contributed by atoms with Crippen molar-refractivity contribution in [3.05, 3.63) is 50.7 Å². The third kappa shape index (κ3) is 4.46. The predicted octanol–water partition coefficient (Wildman–Crippen LogP) is 3.65. The first-order valence-electron chi connectivity index (χ1n) is 10.9. The number of ether oxygens (including phenoxy) is 2. The van der Waals surface area contributed by atoms with Crippen molar-refractivity contribution in [1.82, 2.24) is 4.57 Å². The number of nitro groups is 1. The molecule has 1 N–H and O–H groups in total. The molecule has 1 aromatic heterocycles. The Balaban J connectivity index is 1.55. The molecule has 1 aromatic carbocycles. The van der Waals surface area contributed by atoms with Crippen LogP contribution in [0.25, 0.3) is 0 Å². The van der Waals surface area contributed by atoms with Crippen molar-refractivity contribution in [3.8, 4) is 11.8 Å². The van der Waals surface area contributed by atoms with E-state index < -0.39 is 17.4 Å². The summed E-state index contributed by atoms with van der Waals surface area (Å²) in [4.78, 5) is 23.5. The Bertz CT molecular complexity index is 1080. The molecule has 168 valence electrons. The lowest BCUT2D eigenvalue weighted by atomic mass is 9.95. The zero-order valence-electron chi connectivity index (χ0n) is 18.1. The molecule has 0 radical (unpaired) electrons. The molecule has 1 unspecified atom stereocenters. The number of carbonyl (C=O) groups is 1. The number of hydrogen-bond donors (Lipinski definition) is 1. The lowest BCUT2D eigenvalue weighted by Crippen LogP contribution is -2.25. The van der Waals surface area contributed by atoms with Gasteiger partial charge in [0.25, 0.3) is 5.91 Å². The molecule has 0 saturated carbocycles. The van der Waals surface area contributed by atoms with E-state index in [0.29, 0.717) is 17.9 Å². The Hall–Kier alpha value is -3.38. The molecular formula is C23H26N4O5. The number of carbonyl (C=O) groups excluding carboxylic acids is 1. The first-order valence-corrected chi connectivity index (χ1v) is 10.9. The van der Waals surface area contributed by atoms with Gasteiger partial charge in [-0.3, -0.25) is 14.9 Å². The minimum atomic E-state index is -0.533. The quantitative estimate of drug-likeness (QED) is 0.520. The molecule has 4 rings (SSSR count). The van der Waals surface area contributed by atoms with Crippen molar-refractivity contribution in [3.63, 3.8) is 0 Å². The molecule has 1 saturated heterocycles. The molecule has 1 aliphatic carbocycles. The van der Waals surface area contributed by atoms with Gasteiger partial charge in [0.2, 0.25) is 0 Å². The van der Waals surface area contributed by atoms with Gasteiger partial charge in [-0.05, 0) is 62.6 Å². The van der Waals surface area contributed by atoms with Crippen molar-refractivity contribution in [2.75, 3.05) is 18.5 Å². The smallest absolute Gasteiger partial charge is 0.311 e. The van der Waals surface area contributed by atoms with E-state index in [1.807, 2.05) is 4.57 Å². The molecule has 2 aliphatic rings. The number of nitrogens with zero attached hydrogens (tertiary/aromatic N) is 3. The van der Waals surface area contributed by atoms with E-state index in [2.05, 4.69) is 11.4 Å². The number of amides is 1. The molecule has 0 bridgehead atoms. The summed E-state index contributed by atoms with van der Waals surface area (Å²) in [5.41, 5.74) is 3.13. The highest BCUT2D eigenvalue weighted by Crippen LogP contribution is 2.34. The predicted molar refractivity (Wildman–Crippen MR) is 117 cm³/mol. The van der Waals surface area contributed by atoms with Crippen LogP contribution in [-0.4, -0.2) is 34.7 Å². The van der Waals surface area contributed by atoms with E-state index in [1.165, 1.54) is 12.1 Å². The molecular weight excluding hydrogens is 412 g/mol. The number of anilines is 1. The zero-order valence-corrected chi connectivity index (χ0v) is 18.1. The zero-order chi connectivity index (χ0) is 22.7. The van der Waals surface area contributed by atoms with Crippen LogP contribution in [0, 0.1) is 28.4 Å². The average molecular weight is 438 g/mol. The fourth-order valence-electron chi connectivity index (χ4n) is 4.52. The monoisotopic (exact) mass is 438 g/mol. The minimum absolute atomic E-state index is 0.0327.